The van der Waals surface area contributed by atoms with E-state index in [-0.39, 0.29) is 5.88 Å². The zero-order chi connectivity index (χ0) is 15.3. The van der Waals surface area contributed by atoms with E-state index in [2.05, 4.69) is 10.1 Å². The second-order valence-corrected chi connectivity index (χ2v) is 5.06. The van der Waals surface area contributed by atoms with Crippen LogP contribution in [-0.4, -0.2) is 28.1 Å². The molecular weight excluding hydrogens is 280 g/mol. The summed E-state index contributed by atoms with van der Waals surface area (Å²) >= 11 is 0. The van der Waals surface area contributed by atoms with Crippen LogP contribution in [0.15, 0.2) is 47.6 Å². The molecule has 1 aliphatic carbocycles. The zero-order valence-corrected chi connectivity index (χ0v) is 11.7. The number of para-hydroxylation sites is 1. The molecule has 5 heteroatoms. The van der Waals surface area contributed by atoms with Crippen LogP contribution in [0.1, 0.15) is 11.1 Å². The molecule has 108 valence electrons. The molecule has 5 nitrogen and oxygen atoms in total. The molecule has 1 heterocycles. The van der Waals surface area contributed by atoms with E-state index in [9.17, 15) is 10.3 Å². The van der Waals surface area contributed by atoms with Gasteiger partial charge in [-0.15, -0.1) is 0 Å². The maximum absolute atomic E-state index is 10.3. The maximum atomic E-state index is 10.3. The van der Waals surface area contributed by atoms with Crippen molar-refractivity contribution in [2.75, 3.05) is 7.11 Å². The predicted octanol–water partition coefficient (Wildman–Crippen LogP) is 3.16. The first-order valence-corrected chi connectivity index (χ1v) is 6.77. The highest BCUT2D eigenvalue weighted by atomic mass is 16.5. The third kappa shape index (κ3) is 1.53. The van der Waals surface area contributed by atoms with Crippen molar-refractivity contribution in [2.24, 2.45) is 5.16 Å². The fourth-order valence-electron chi connectivity index (χ4n) is 3.00. The number of benzene rings is 2. The summed E-state index contributed by atoms with van der Waals surface area (Å²) in [5, 5.41) is 24.1. The van der Waals surface area contributed by atoms with E-state index in [4.69, 9.17) is 4.74 Å². The number of methoxy groups -OCH3 is 1. The molecule has 1 aromatic heterocycles. The molecule has 0 aliphatic heterocycles. The number of aromatic hydroxyl groups is 1. The molecule has 0 radical (unpaired) electrons. The van der Waals surface area contributed by atoms with E-state index in [0.29, 0.717) is 33.7 Å². The minimum atomic E-state index is -0.0706. The molecule has 4 rings (SSSR count). The highest BCUT2D eigenvalue weighted by Crippen LogP contribution is 2.45. The van der Waals surface area contributed by atoms with E-state index in [0.717, 1.165) is 10.9 Å². The van der Waals surface area contributed by atoms with E-state index < -0.39 is 0 Å². The van der Waals surface area contributed by atoms with Gasteiger partial charge in [0.15, 0.2) is 0 Å². The first kappa shape index (κ1) is 12.6. The number of pyridine rings is 1. The van der Waals surface area contributed by atoms with Crippen molar-refractivity contribution >= 4 is 16.6 Å². The average molecular weight is 292 g/mol. The van der Waals surface area contributed by atoms with Gasteiger partial charge in [0.1, 0.15) is 11.5 Å². The summed E-state index contributed by atoms with van der Waals surface area (Å²) < 4.78 is 5.23. The minimum Gasteiger partial charge on any atom is -0.497 e. The quantitative estimate of drug-likeness (QED) is 0.417. The molecule has 0 unspecified atom stereocenters. The van der Waals surface area contributed by atoms with Crippen molar-refractivity contribution in [3.63, 3.8) is 0 Å². The SMILES string of the molecule is COc1ccc2c(c1)/C(=N\O)c1c-2c(O)nc2ccccc12. The molecule has 1 aliphatic rings. The van der Waals surface area contributed by atoms with Gasteiger partial charge in [0.05, 0.1) is 18.2 Å². The number of fused-ring (bicyclic) bond motifs is 5. The summed E-state index contributed by atoms with van der Waals surface area (Å²) in [6, 6.07) is 12.9. The standard InChI is InChI=1S/C17H12N2O3/c1-22-9-6-7-10-12(8-9)16(19-21)14-11-4-2-3-5-13(11)18-17(20)15(10)14/h2-8,21H,1H3,(H,18,20)/b19-16+. The minimum absolute atomic E-state index is 0.0706. The average Bonchev–Trinajstić information content (AvgIpc) is 2.89. The van der Waals surface area contributed by atoms with Crippen LogP contribution in [0.3, 0.4) is 0 Å². The predicted molar refractivity (Wildman–Crippen MR) is 82.8 cm³/mol. The van der Waals surface area contributed by atoms with Crippen LogP contribution >= 0.6 is 0 Å². The Labute approximate surface area is 126 Å². The number of aromatic nitrogens is 1. The Morgan fingerprint density at radius 2 is 1.86 bits per heavy atom. The Hall–Kier alpha value is -3.08. The maximum Gasteiger partial charge on any atom is 0.220 e. The first-order chi connectivity index (χ1) is 10.7. The van der Waals surface area contributed by atoms with Gasteiger partial charge in [-0.05, 0) is 29.8 Å². The van der Waals surface area contributed by atoms with Crippen LogP contribution in [0.2, 0.25) is 0 Å². The summed E-state index contributed by atoms with van der Waals surface area (Å²) in [4.78, 5) is 4.25. The lowest BCUT2D eigenvalue weighted by Gasteiger charge is -2.07. The van der Waals surface area contributed by atoms with E-state index in [1.54, 1.807) is 19.2 Å². The van der Waals surface area contributed by atoms with Crippen molar-refractivity contribution in [1.29, 1.82) is 0 Å². The zero-order valence-electron chi connectivity index (χ0n) is 11.7. The van der Waals surface area contributed by atoms with Gasteiger partial charge in [-0.25, -0.2) is 4.98 Å². The van der Waals surface area contributed by atoms with E-state index in [1.165, 1.54) is 0 Å². The van der Waals surface area contributed by atoms with Crippen LogP contribution < -0.4 is 4.74 Å². The lowest BCUT2D eigenvalue weighted by atomic mass is 10.0. The largest absolute Gasteiger partial charge is 0.497 e. The van der Waals surface area contributed by atoms with Gasteiger partial charge in [0.2, 0.25) is 5.88 Å². The normalized spacial score (nSPS) is 14.1. The molecule has 2 aromatic carbocycles. The highest BCUT2D eigenvalue weighted by molar-refractivity contribution is 6.30. The molecule has 0 saturated carbocycles. The van der Waals surface area contributed by atoms with Crippen molar-refractivity contribution in [2.45, 2.75) is 0 Å². The van der Waals surface area contributed by atoms with Crippen molar-refractivity contribution in [3.05, 3.63) is 53.6 Å². The third-order valence-corrected chi connectivity index (χ3v) is 3.96. The molecule has 22 heavy (non-hydrogen) atoms. The van der Waals surface area contributed by atoms with Gasteiger partial charge in [-0.1, -0.05) is 23.4 Å². The van der Waals surface area contributed by atoms with Crippen LogP contribution in [0.4, 0.5) is 0 Å². The summed E-state index contributed by atoms with van der Waals surface area (Å²) in [6.07, 6.45) is 0. The molecule has 0 saturated heterocycles. The van der Waals surface area contributed by atoms with Gasteiger partial charge in [0.25, 0.3) is 0 Å². The Kier molecular flexibility index (Phi) is 2.56. The Morgan fingerprint density at radius 1 is 1.05 bits per heavy atom. The number of hydrogen-bond acceptors (Lipinski definition) is 5. The fraction of sp³-hybridized carbons (Fsp3) is 0.0588. The second kappa shape index (κ2) is 4.46. The lowest BCUT2D eigenvalue weighted by Crippen LogP contribution is -2.00. The van der Waals surface area contributed by atoms with Crippen LogP contribution in [-0.2, 0) is 0 Å². The summed E-state index contributed by atoms with van der Waals surface area (Å²) in [6.45, 7) is 0. The van der Waals surface area contributed by atoms with Crippen molar-refractivity contribution < 1.29 is 15.1 Å². The van der Waals surface area contributed by atoms with Gasteiger partial charge in [0, 0.05) is 16.5 Å². The Balaban J connectivity index is 2.15. The molecule has 0 atom stereocenters. The number of rotatable bonds is 1. The van der Waals surface area contributed by atoms with Gasteiger partial charge in [-0.3, -0.25) is 0 Å². The topological polar surface area (TPSA) is 74.9 Å². The lowest BCUT2D eigenvalue weighted by molar-refractivity contribution is 0.320. The monoisotopic (exact) mass is 292 g/mol. The summed E-state index contributed by atoms with van der Waals surface area (Å²) in [7, 11) is 1.58. The van der Waals surface area contributed by atoms with E-state index >= 15 is 0 Å². The van der Waals surface area contributed by atoms with Gasteiger partial charge >= 0.3 is 0 Å². The highest BCUT2D eigenvalue weighted by Gasteiger charge is 2.31. The second-order valence-electron chi connectivity index (χ2n) is 5.06. The van der Waals surface area contributed by atoms with Gasteiger partial charge < -0.3 is 15.1 Å². The number of ether oxygens (including phenoxy) is 1. The Morgan fingerprint density at radius 3 is 2.64 bits per heavy atom. The summed E-state index contributed by atoms with van der Waals surface area (Å²) in [5.74, 6) is 0.586. The number of hydrogen-bond donors (Lipinski definition) is 2. The first-order valence-electron chi connectivity index (χ1n) is 6.77. The smallest absolute Gasteiger partial charge is 0.220 e. The van der Waals surface area contributed by atoms with Crippen molar-refractivity contribution in [1.82, 2.24) is 4.98 Å². The fourth-order valence-corrected chi connectivity index (χ4v) is 3.00. The molecule has 0 spiro atoms. The molecule has 2 N–H and O–H groups in total. The molecular formula is C17H12N2O3. The van der Waals surface area contributed by atoms with Gasteiger partial charge in [-0.2, -0.15) is 0 Å². The van der Waals surface area contributed by atoms with Crippen molar-refractivity contribution in [3.8, 4) is 22.8 Å². The molecule has 0 fully saturated rings. The molecule has 3 aromatic rings. The van der Waals surface area contributed by atoms with E-state index in [1.807, 2.05) is 30.3 Å². The Bertz CT molecular complexity index is 948. The molecule has 0 bridgehead atoms. The summed E-state index contributed by atoms with van der Waals surface area (Å²) in [5.41, 5.74) is 3.83. The van der Waals surface area contributed by atoms with Crippen LogP contribution in [0, 0.1) is 0 Å². The van der Waals surface area contributed by atoms with Crippen LogP contribution in [0.25, 0.3) is 22.0 Å². The number of oxime groups is 1. The number of nitrogens with zero attached hydrogens (tertiary/aromatic N) is 2. The third-order valence-electron chi connectivity index (χ3n) is 3.96. The van der Waals surface area contributed by atoms with Crippen LogP contribution in [0.5, 0.6) is 11.6 Å². The molecule has 0 amide bonds.